The van der Waals surface area contributed by atoms with Crippen molar-refractivity contribution in [2.24, 2.45) is 0 Å². The van der Waals surface area contributed by atoms with Crippen molar-refractivity contribution in [1.29, 1.82) is 0 Å². The molecule has 3 aromatic heterocycles. The lowest BCUT2D eigenvalue weighted by Gasteiger charge is -2.09. The third-order valence-corrected chi connectivity index (χ3v) is 10.7. The van der Waals surface area contributed by atoms with E-state index in [1.807, 2.05) is 60.7 Å². The maximum atomic E-state index is 6.87. The molecule has 0 spiro atoms. The zero-order valence-corrected chi connectivity index (χ0v) is 30.2. The third kappa shape index (κ3) is 5.29. The summed E-state index contributed by atoms with van der Waals surface area (Å²) in [7, 11) is 0. The molecule has 0 amide bonds. The second-order valence-corrected chi connectivity index (χ2v) is 14.0. The predicted molar refractivity (Wildman–Crippen MR) is 229 cm³/mol. The van der Waals surface area contributed by atoms with E-state index in [-0.39, 0.29) is 0 Å². The number of para-hydroxylation sites is 2. The zero-order valence-electron chi connectivity index (χ0n) is 30.2. The van der Waals surface area contributed by atoms with E-state index in [4.69, 9.17) is 19.4 Å². The molecule has 0 unspecified atom stereocenters. The molecule has 0 bridgehead atoms. The molecule has 262 valence electrons. The molecule has 0 aliphatic carbocycles. The van der Waals surface area contributed by atoms with Crippen molar-refractivity contribution in [3.63, 3.8) is 0 Å². The summed E-state index contributed by atoms with van der Waals surface area (Å²) in [4.78, 5) is 14.8. The molecule has 5 nitrogen and oxygen atoms in total. The van der Waals surface area contributed by atoms with Crippen LogP contribution >= 0.6 is 0 Å². The third-order valence-electron chi connectivity index (χ3n) is 10.7. The minimum absolute atomic E-state index is 0.621. The van der Waals surface area contributed by atoms with Gasteiger partial charge in [0.2, 0.25) is 0 Å². The zero-order chi connectivity index (χ0) is 37.0. The maximum Gasteiger partial charge on any atom is 0.164 e. The average molecular weight is 717 g/mol. The summed E-state index contributed by atoms with van der Waals surface area (Å²) in [6.45, 7) is 0. The lowest BCUT2D eigenvalue weighted by atomic mass is 9.99. The van der Waals surface area contributed by atoms with Crippen LogP contribution in [0.4, 0.5) is 0 Å². The van der Waals surface area contributed by atoms with Crippen LogP contribution in [0.15, 0.2) is 199 Å². The Kier molecular flexibility index (Phi) is 7.42. The molecule has 3 heterocycles. The highest BCUT2D eigenvalue weighted by molar-refractivity contribution is 6.17. The molecule has 0 N–H and O–H groups in total. The van der Waals surface area contributed by atoms with Crippen LogP contribution in [0.2, 0.25) is 0 Å². The lowest BCUT2D eigenvalue weighted by Crippen LogP contribution is -2.00. The fourth-order valence-corrected chi connectivity index (χ4v) is 8.05. The molecule has 11 aromatic rings. The number of hydrogen-bond acceptors (Lipinski definition) is 4. The van der Waals surface area contributed by atoms with Crippen molar-refractivity contribution < 1.29 is 4.42 Å². The smallest absolute Gasteiger partial charge is 0.164 e. The second kappa shape index (κ2) is 13.0. The number of aromatic nitrogens is 4. The minimum Gasteiger partial charge on any atom is -0.454 e. The van der Waals surface area contributed by atoms with Crippen LogP contribution in [0.25, 0.3) is 106 Å². The molecule has 11 rings (SSSR count). The Balaban J connectivity index is 1.04. The number of hydrogen-bond donors (Lipinski definition) is 0. The van der Waals surface area contributed by atoms with E-state index in [2.05, 4.69) is 138 Å². The number of benzene rings is 8. The predicted octanol–water partition coefficient (Wildman–Crippen LogP) is 13.2. The summed E-state index contributed by atoms with van der Waals surface area (Å²) in [5.41, 5.74) is 12.3. The Hall–Kier alpha value is -7.63. The second-order valence-electron chi connectivity index (χ2n) is 14.0. The van der Waals surface area contributed by atoms with Gasteiger partial charge in [0.15, 0.2) is 23.1 Å². The first-order valence-corrected chi connectivity index (χ1v) is 18.8. The maximum absolute atomic E-state index is 6.87. The Morgan fingerprint density at radius 1 is 0.357 bits per heavy atom. The molecule has 0 atom stereocenters. The Bertz CT molecular complexity index is 3180. The first-order chi connectivity index (χ1) is 27.8. The Morgan fingerprint density at radius 3 is 1.62 bits per heavy atom. The molecule has 0 aliphatic rings. The summed E-state index contributed by atoms with van der Waals surface area (Å²) >= 11 is 0. The van der Waals surface area contributed by atoms with Crippen molar-refractivity contribution >= 4 is 43.7 Å². The van der Waals surface area contributed by atoms with Gasteiger partial charge in [0, 0.05) is 38.2 Å². The SMILES string of the molecule is c1ccc(-c2nc(-c3ccccc3)nc(-c3cccc(-c4ccc5c(c4)oc4c(-n6c7ccccc7c7c(-c8ccccc8)cccc76)cccc45)c3)n2)cc1. The van der Waals surface area contributed by atoms with Gasteiger partial charge in [0.05, 0.1) is 16.7 Å². The van der Waals surface area contributed by atoms with E-state index >= 15 is 0 Å². The van der Waals surface area contributed by atoms with E-state index in [9.17, 15) is 0 Å². The van der Waals surface area contributed by atoms with Crippen molar-refractivity contribution in [1.82, 2.24) is 19.5 Å². The Labute approximate surface area is 322 Å². The van der Waals surface area contributed by atoms with Crippen molar-refractivity contribution in [3.8, 4) is 62.1 Å². The van der Waals surface area contributed by atoms with Gasteiger partial charge in [-0.05, 0) is 58.7 Å². The van der Waals surface area contributed by atoms with Crippen LogP contribution in [-0.4, -0.2) is 19.5 Å². The van der Waals surface area contributed by atoms with Crippen LogP contribution in [0.3, 0.4) is 0 Å². The van der Waals surface area contributed by atoms with Crippen molar-refractivity contribution in [3.05, 3.63) is 194 Å². The van der Waals surface area contributed by atoms with E-state index in [1.165, 1.54) is 21.9 Å². The molecule has 0 aliphatic heterocycles. The average Bonchev–Trinajstić information content (AvgIpc) is 3.83. The summed E-state index contributed by atoms with van der Waals surface area (Å²) in [6, 6.07) is 67.4. The molecule has 8 aromatic carbocycles. The summed E-state index contributed by atoms with van der Waals surface area (Å²) in [5, 5.41) is 4.59. The normalized spacial score (nSPS) is 11.6. The quantitative estimate of drug-likeness (QED) is 0.172. The van der Waals surface area contributed by atoms with Crippen LogP contribution < -0.4 is 0 Å². The number of furan rings is 1. The first-order valence-electron chi connectivity index (χ1n) is 18.8. The van der Waals surface area contributed by atoms with Gasteiger partial charge in [-0.2, -0.15) is 0 Å². The van der Waals surface area contributed by atoms with Gasteiger partial charge in [-0.3, -0.25) is 0 Å². The molecular formula is C51H32N4O. The summed E-state index contributed by atoms with van der Waals surface area (Å²) < 4.78 is 9.23. The molecular weight excluding hydrogens is 685 g/mol. The highest BCUT2D eigenvalue weighted by atomic mass is 16.3. The highest BCUT2D eigenvalue weighted by Crippen LogP contribution is 2.42. The number of nitrogens with zero attached hydrogens (tertiary/aromatic N) is 4. The topological polar surface area (TPSA) is 56.7 Å². The fourth-order valence-electron chi connectivity index (χ4n) is 8.05. The lowest BCUT2D eigenvalue weighted by molar-refractivity contribution is 0.666. The van der Waals surface area contributed by atoms with Gasteiger partial charge >= 0.3 is 0 Å². The van der Waals surface area contributed by atoms with E-state index in [1.54, 1.807) is 0 Å². The summed E-state index contributed by atoms with van der Waals surface area (Å²) in [5.74, 6) is 1.90. The molecule has 0 fully saturated rings. The molecule has 0 saturated carbocycles. The molecule has 0 saturated heterocycles. The van der Waals surface area contributed by atoms with Crippen LogP contribution in [0.5, 0.6) is 0 Å². The van der Waals surface area contributed by atoms with Crippen LogP contribution in [-0.2, 0) is 0 Å². The molecule has 5 heteroatoms. The Morgan fingerprint density at radius 2 is 0.893 bits per heavy atom. The van der Waals surface area contributed by atoms with Crippen LogP contribution in [0.1, 0.15) is 0 Å². The van der Waals surface area contributed by atoms with Crippen molar-refractivity contribution in [2.75, 3.05) is 0 Å². The van der Waals surface area contributed by atoms with Gasteiger partial charge in [-0.25, -0.2) is 15.0 Å². The van der Waals surface area contributed by atoms with Gasteiger partial charge in [-0.1, -0.05) is 158 Å². The largest absolute Gasteiger partial charge is 0.454 e. The first kappa shape index (κ1) is 31.9. The molecule has 0 radical (unpaired) electrons. The van der Waals surface area contributed by atoms with E-state index in [0.717, 1.165) is 66.5 Å². The monoisotopic (exact) mass is 716 g/mol. The van der Waals surface area contributed by atoms with Crippen LogP contribution in [0, 0.1) is 0 Å². The van der Waals surface area contributed by atoms with Gasteiger partial charge in [0.25, 0.3) is 0 Å². The summed E-state index contributed by atoms with van der Waals surface area (Å²) in [6.07, 6.45) is 0. The van der Waals surface area contributed by atoms with E-state index < -0.39 is 0 Å². The van der Waals surface area contributed by atoms with E-state index in [0.29, 0.717) is 17.5 Å². The standard InChI is InChI=1S/C51H32N4O/c1-4-15-33(16-5-1)39-24-13-27-44-47(39)42-23-10-11-26-43(42)55(44)45-28-14-25-41-40-30-29-37(32-46(40)56-48(41)45)36-21-12-22-38(31-36)51-53-49(34-17-6-2-7-18-34)52-50(54-51)35-19-8-3-9-20-35/h1-32H. The molecule has 56 heavy (non-hydrogen) atoms. The number of fused-ring (bicyclic) bond motifs is 6. The van der Waals surface area contributed by atoms with Gasteiger partial charge in [-0.15, -0.1) is 0 Å². The number of rotatable bonds is 6. The fraction of sp³-hybridized carbons (Fsp3) is 0. The van der Waals surface area contributed by atoms with Gasteiger partial charge in [0.1, 0.15) is 5.58 Å². The van der Waals surface area contributed by atoms with Gasteiger partial charge < -0.3 is 8.98 Å². The van der Waals surface area contributed by atoms with Crippen molar-refractivity contribution in [2.45, 2.75) is 0 Å². The highest BCUT2D eigenvalue weighted by Gasteiger charge is 2.20. The minimum atomic E-state index is 0.621.